The normalized spacial score (nSPS) is 40.2. The van der Waals surface area contributed by atoms with Crippen LogP contribution in [-0.4, -0.2) is 107 Å². The van der Waals surface area contributed by atoms with Crippen molar-refractivity contribution in [1.29, 1.82) is 0 Å². The van der Waals surface area contributed by atoms with E-state index in [0.717, 1.165) is 41.5 Å². The molecule has 0 radical (unpaired) electrons. The van der Waals surface area contributed by atoms with Crippen LogP contribution in [0.4, 0.5) is 0 Å². The van der Waals surface area contributed by atoms with E-state index in [9.17, 15) is 14.7 Å². The van der Waals surface area contributed by atoms with Gasteiger partial charge in [-0.25, -0.2) is 0 Å². The number of epoxide rings is 1. The van der Waals surface area contributed by atoms with Gasteiger partial charge < -0.3 is 34.3 Å². The largest absolute Gasteiger partial charge is 0.458 e. The Labute approximate surface area is 345 Å². The van der Waals surface area contributed by atoms with E-state index >= 15 is 4.79 Å². The summed E-state index contributed by atoms with van der Waals surface area (Å²) in [6.45, 7) is 7.63. The van der Waals surface area contributed by atoms with E-state index in [1.165, 1.54) is 18.4 Å². The highest BCUT2D eigenvalue weighted by atomic mass is 16.8. The average molecular weight is 808 g/mol. The Kier molecular flexibility index (Phi) is 8.87. The molecule has 5 heterocycles. The van der Waals surface area contributed by atoms with Crippen molar-refractivity contribution >= 4 is 23.9 Å². The number of carbonyl (C=O) groups is 3. The van der Waals surface area contributed by atoms with Crippen LogP contribution in [0.25, 0.3) is 6.08 Å². The van der Waals surface area contributed by atoms with Crippen molar-refractivity contribution in [3.05, 3.63) is 76.4 Å². The van der Waals surface area contributed by atoms with Crippen molar-refractivity contribution in [2.45, 2.75) is 146 Å². The number of rotatable bonds is 7. The molecule has 1 unspecified atom stereocenters. The Morgan fingerprint density at radius 2 is 1.76 bits per heavy atom. The highest BCUT2D eigenvalue weighted by molar-refractivity contribution is 5.96. The molecule has 12 nitrogen and oxygen atoms in total. The standard InChI is InChI=1S/C47H57N3O9/c1-44(2)24-32-29(13-14-36-45(3,56-36)16-15-33(32)44)21-27-8-6-9-28(20-27)26-50-39-42(53)55-35-25-47(39,43(54)49-18-7-12-34(49)41(52)48-17-19-51)40(59-50)38-37(35)57-46(58-38)22-30-10-4-5-11-31(30)23-46/h4-6,8-11,20-21,32-40,51H,7,12-19,22-26H2,1-3H3,(H,48,52)/t32-,33-,34-,35+,36?,37+,38+,39+,40-,45-,47+/m1/s1. The molecule has 12 heteroatoms. The van der Waals surface area contributed by atoms with Gasteiger partial charge in [0, 0.05) is 32.4 Å². The van der Waals surface area contributed by atoms with Crippen LogP contribution in [0, 0.1) is 22.7 Å². The van der Waals surface area contributed by atoms with Gasteiger partial charge >= 0.3 is 5.97 Å². The smallest absolute Gasteiger partial charge is 0.327 e. The van der Waals surface area contributed by atoms with E-state index in [0.29, 0.717) is 55.6 Å². The first-order chi connectivity index (χ1) is 28.4. The number of carbonyl (C=O) groups excluding carboxylic acids is 3. The molecule has 8 fully saturated rings. The monoisotopic (exact) mass is 807 g/mol. The lowest BCUT2D eigenvalue weighted by Gasteiger charge is -2.53. The van der Waals surface area contributed by atoms with E-state index in [4.69, 9.17) is 23.8 Å². The lowest BCUT2D eigenvalue weighted by molar-refractivity contribution is -0.218. The summed E-state index contributed by atoms with van der Waals surface area (Å²) in [5.74, 6) is -0.883. The molecule has 1 spiro atoms. The summed E-state index contributed by atoms with van der Waals surface area (Å²) in [5, 5.41) is 13.9. The summed E-state index contributed by atoms with van der Waals surface area (Å²) in [6.07, 6.45) is 7.84. The van der Waals surface area contributed by atoms with Gasteiger partial charge in [0.1, 0.15) is 35.9 Å². The van der Waals surface area contributed by atoms with Crippen molar-refractivity contribution < 1.29 is 43.3 Å². The SMILES string of the molecule is CC1(C)C[C@@H]2C(=Cc3cccc(CN4O[C@@H]5[C@H]6OC7(Cc8ccccc8C7)O[C@H]6[C@@H]6C[C@]5(C(=O)N5CCC[C@@H]5C(=O)NCCO)[C@@H]4C(=O)O6)c3)CCC3O[C@]3(C)CC[C@H]21. The van der Waals surface area contributed by atoms with E-state index in [-0.39, 0.29) is 43.5 Å². The third-order valence-electron chi connectivity index (χ3n) is 16.0. The molecule has 3 saturated carbocycles. The lowest BCUT2D eigenvalue weighted by atomic mass is 9.52. The van der Waals surface area contributed by atoms with Gasteiger partial charge in [-0.15, -0.1) is 0 Å². The summed E-state index contributed by atoms with van der Waals surface area (Å²) in [4.78, 5) is 51.9. The molecule has 2 bridgehead atoms. The van der Waals surface area contributed by atoms with Crippen molar-refractivity contribution in [1.82, 2.24) is 15.3 Å². The molecular weight excluding hydrogens is 751 g/mol. The maximum Gasteiger partial charge on any atom is 0.327 e. The van der Waals surface area contributed by atoms with Gasteiger partial charge in [-0.05, 0) is 91.4 Å². The second kappa shape index (κ2) is 13.7. The number of allylic oxidation sites excluding steroid dienone is 1. The topological polar surface area (TPSA) is 139 Å². The van der Waals surface area contributed by atoms with Crippen molar-refractivity contribution in [3.8, 4) is 0 Å². The summed E-state index contributed by atoms with van der Waals surface area (Å²) in [7, 11) is 0. The Hall–Kier alpha value is -3.65. The maximum atomic E-state index is 15.4. The number of benzene rings is 2. The van der Waals surface area contributed by atoms with Crippen LogP contribution in [0.5, 0.6) is 0 Å². The number of fused-ring (bicyclic) bond motifs is 7. The van der Waals surface area contributed by atoms with Crippen LogP contribution in [0.2, 0.25) is 0 Å². The van der Waals surface area contributed by atoms with Gasteiger partial charge in [-0.2, -0.15) is 5.06 Å². The van der Waals surface area contributed by atoms with Crippen molar-refractivity contribution in [3.63, 3.8) is 0 Å². The third-order valence-corrected chi connectivity index (χ3v) is 16.0. The number of esters is 1. The summed E-state index contributed by atoms with van der Waals surface area (Å²) in [5.41, 5.74) is 4.83. The minimum atomic E-state index is -1.37. The molecule has 9 aliphatic rings. The number of hydroxylamine groups is 2. The first-order valence-electron chi connectivity index (χ1n) is 22.1. The molecule has 11 atom stereocenters. The quantitative estimate of drug-likeness (QED) is 0.301. The number of amides is 2. The van der Waals surface area contributed by atoms with E-state index in [2.05, 4.69) is 62.5 Å². The fourth-order valence-electron chi connectivity index (χ4n) is 13.0. The average Bonchev–Trinajstić information content (AvgIpc) is 3.73. The second-order valence-electron chi connectivity index (χ2n) is 20.0. The number of ether oxygens (including phenoxy) is 4. The first-order valence-corrected chi connectivity index (χ1v) is 22.1. The second-order valence-corrected chi connectivity index (χ2v) is 20.0. The predicted molar refractivity (Wildman–Crippen MR) is 214 cm³/mol. The van der Waals surface area contributed by atoms with Gasteiger partial charge in [0.05, 0.1) is 24.9 Å². The number of nitrogens with one attached hydrogen (secondary N) is 1. The Bertz CT molecular complexity index is 2080. The predicted octanol–water partition coefficient (Wildman–Crippen LogP) is 4.64. The minimum Gasteiger partial charge on any atom is -0.458 e. The molecule has 2 amide bonds. The summed E-state index contributed by atoms with van der Waals surface area (Å²) < 4.78 is 26.3. The number of aliphatic hydroxyl groups excluding tert-OH is 1. The van der Waals surface area contributed by atoms with Crippen LogP contribution >= 0.6 is 0 Å². The van der Waals surface area contributed by atoms with Gasteiger partial charge in [-0.1, -0.05) is 74.0 Å². The maximum absolute atomic E-state index is 15.4. The van der Waals surface area contributed by atoms with Gasteiger partial charge in [0.25, 0.3) is 0 Å². The molecule has 11 rings (SSSR count). The van der Waals surface area contributed by atoms with Crippen LogP contribution < -0.4 is 5.32 Å². The molecule has 2 N–H and O–H groups in total. The molecular formula is C47H57N3O9. The number of likely N-dealkylation sites (tertiary alicyclic amines) is 1. The van der Waals surface area contributed by atoms with E-state index < -0.39 is 53.7 Å². The van der Waals surface area contributed by atoms with Crippen LogP contribution in [0.1, 0.15) is 94.4 Å². The lowest BCUT2D eigenvalue weighted by Crippen LogP contribution is -2.70. The van der Waals surface area contributed by atoms with Crippen molar-refractivity contribution in [2.24, 2.45) is 22.7 Å². The molecule has 314 valence electrons. The molecule has 2 aromatic carbocycles. The van der Waals surface area contributed by atoms with E-state index in [1.807, 2.05) is 18.2 Å². The number of hydrogen-bond donors (Lipinski definition) is 2. The Morgan fingerprint density at radius 1 is 0.966 bits per heavy atom. The number of aliphatic hydroxyl groups is 1. The molecule has 0 aromatic heterocycles. The Balaban J connectivity index is 0.919. The third kappa shape index (κ3) is 6.02. The van der Waals surface area contributed by atoms with Crippen molar-refractivity contribution in [2.75, 3.05) is 19.7 Å². The molecule has 2 aromatic rings. The zero-order valence-electron chi connectivity index (χ0n) is 34.4. The van der Waals surface area contributed by atoms with Crippen LogP contribution in [-0.2, 0) is 57.6 Å². The molecule has 4 aliphatic carbocycles. The molecule has 5 aliphatic heterocycles. The van der Waals surface area contributed by atoms with Gasteiger partial charge in [-0.3, -0.25) is 19.2 Å². The molecule has 59 heavy (non-hydrogen) atoms. The van der Waals surface area contributed by atoms with Gasteiger partial charge in [0.15, 0.2) is 11.8 Å². The summed E-state index contributed by atoms with van der Waals surface area (Å²) in [6, 6.07) is 14.9. The Morgan fingerprint density at radius 3 is 2.54 bits per heavy atom. The first kappa shape index (κ1) is 38.3. The van der Waals surface area contributed by atoms with Crippen LogP contribution in [0.15, 0.2) is 54.1 Å². The highest BCUT2D eigenvalue weighted by Crippen LogP contribution is 2.61. The zero-order valence-corrected chi connectivity index (χ0v) is 34.4. The van der Waals surface area contributed by atoms with Crippen LogP contribution in [0.3, 0.4) is 0 Å². The highest BCUT2D eigenvalue weighted by Gasteiger charge is 2.77. The number of nitrogens with zero attached hydrogens (tertiary/aromatic N) is 2. The van der Waals surface area contributed by atoms with E-state index in [1.54, 1.807) is 9.96 Å². The zero-order chi connectivity index (χ0) is 40.5. The fraction of sp³-hybridized carbons (Fsp3) is 0.638. The number of hydrogen-bond acceptors (Lipinski definition) is 10. The van der Waals surface area contributed by atoms with Gasteiger partial charge in [0.2, 0.25) is 11.8 Å². The molecule has 5 saturated heterocycles. The minimum absolute atomic E-state index is 0.0257. The fourth-order valence-corrected chi connectivity index (χ4v) is 13.0. The summed E-state index contributed by atoms with van der Waals surface area (Å²) >= 11 is 0.